The van der Waals surface area contributed by atoms with Crippen molar-refractivity contribution in [1.82, 2.24) is 10.3 Å². The predicted octanol–water partition coefficient (Wildman–Crippen LogP) is 3.47. The standard InChI is InChI=1S/C16H29N3S/c1-12-8-14(10-18-16(3,4)5)9-17-15(12)19(6)13(2)11-20-7/h8-9,13,18H,10-11H2,1-7H3. The summed E-state index contributed by atoms with van der Waals surface area (Å²) in [5.41, 5.74) is 2.62. The molecule has 4 heteroatoms. The van der Waals surface area contributed by atoms with Crippen LogP contribution in [0.1, 0.15) is 38.8 Å². The monoisotopic (exact) mass is 295 g/mol. The van der Waals surface area contributed by atoms with Crippen LogP contribution >= 0.6 is 11.8 Å². The van der Waals surface area contributed by atoms with Crippen molar-refractivity contribution in [1.29, 1.82) is 0 Å². The number of hydrogen-bond donors (Lipinski definition) is 1. The fourth-order valence-corrected chi connectivity index (χ4v) is 2.73. The van der Waals surface area contributed by atoms with Crippen LogP contribution in [0.4, 0.5) is 5.82 Å². The molecule has 0 fully saturated rings. The Morgan fingerprint density at radius 3 is 2.55 bits per heavy atom. The zero-order chi connectivity index (χ0) is 15.3. The number of aryl methyl sites for hydroxylation is 1. The van der Waals surface area contributed by atoms with Crippen molar-refractivity contribution in [3.05, 3.63) is 23.4 Å². The molecule has 0 saturated carbocycles. The van der Waals surface area contributed by atoms with Gasteiger partial charge in [0.1, 0.15) is 5.82 Å². The lowest BCUT2D eigenvalue weighted by molar-refractivity contribution is 0.424. The summed E-state index contributed by atoms with van der Waals surface area (Å²) in [6.45, 7) is 11.8. The Morgan fingerprint density at radius 1 is 1.40 bits per heavy atom. The highest BCUT2D eigenvalue weighted by atomic mass is 32.2. The maximum absolute atomic E-state index is 4.66. The first-order valence-corrected chi connectivity index (χ1v) is 8.56. The Balaban J connectivity index is 2.77. The van der Waals surface area contributed by atoms with Gasteiger partial charge in [-0.3, -0.25) is 0 Å². The first kappa shape index (κ1) is 17.3. The Bertz CT molecular complexity index is 426. The smallest absolute Gasteiger partial charge is 0.131 e. The number of hydrogen-bond acceptors (Lipinski definition) is 4. The second-order valence-corrected chi connectivity index (χ2v) is 7.41. The fraction of sp³-hybridized carbons (Fsp3) is 0.688. The zero-order valence-electron chi connectivity index (χ0n) is 13.9. The van der Waals surface area contributed by atoms with Crippen LogP contribution in [-0.2, 0) is 6.54 Å². The van der Waals surface area contributed by atoms with Crippen LogP contribution < -0.4 is 10.2 Å². The Morgan fingerprint density at radius 2 is 2.05 bits per heavy atom. The molecule has 0 aliphatic rings. The van der Waals surface area contributed by atoms with Gasteiger partial charge < -0.3 is 10.2 Å². The van der Waals surface area contributed by atoms with Crippen molar-refractivity contribution < 1.29 is 0 Å². The van der Waals surface area contributed by atoms with Gasteiger partial charge >= 0.3 is 0 Å². The summed E-state index contributed by atoms with van der Waals surface area (Å²) in [7, 11) is 2.13. The Labute approximate surface area is 128 Å². The number of nitrogens with one attached hydrogen (secondary N) is 1. The van der Waals surface area contributed by atoms with E-state index in [4.69, 9.17) is 0 Å². The van der Waals surface area contributed by atoms with Gasteiger partial charge in [-0.1, -0.05) is 0 Å². The molecule has 0 radical (unpaired) electrons. The molecule has 1 aromatic rings. The van der Waals surface area contributed by atoms with Gasteiger partial charge in [-0.25, -0.2) is 4.98 Å². The number of pyridine rings is 1. The molecular weight excluding hydrogens is 266 g/mol. The van der Waals surface area contributed by atoms with E-state index in [9.17, 15) is 0 Å². The third-order valence-electron chi connectivity index (χ3n) is 3.33. The minimum absolute atomic E-state index is 0.135. The first-order chi connectivity index (χ1) is 9.24. The average Bonchev–Trinajstić information content (AvgIpc) is 2.35. The van der Waals surface area contributed by atoms with Crippen LogP contribution in [0.2, 0.25) is 0 Å². The Hall–Kier alpha value is -0.740. The summed E-state index contributed by atoms with van der Waals surface area (Å²) in [4.78, 5) is 6.93. The molecule has 0 spiro atoms. The van der Waals surface area contributed by atoms with Gasteiger partial charge in [0, 0.05) is 37.1 Å². The van der Waals surface area contributed by atoms with Crippen molar-refractivity contribution >= 4 is 17.6 Å². The van der Waals surface area contributed by atoms with E-state index in [1.165, 1.54) is 11.1 Å². The highest BCUT2D eigenvalue weighted by Crippen LogP contribution is 2.20. The molecule has 3 nitrogen and oxygen atoms in total. The molecule has 1 aromatic heterocycles. The molecular formula is C16H29N3S. The summed E-state index contributed by atoms with van der Waals surface area (Å²) in [5, 5.41) is 3.50. The van der Waals surface area contributed by atoms with E-state index >= 15 is 0 Å². The van der Waals surface area contributed by atoms with Crippen molar-refractivity contribution in [3.8, 4) is 0 Å². The van der Waals surface area contributed by atoms with Crippen LogP contribution in [0, 0.1) is 6.92 Å². The molecule has 0 amide bonds. The molecule has 0 aliphatic carbocycles. The molecule has 20 heavy (non-hydrogen) atoms. The molecule has 0 saturated heterocycles. The van der Waals surface area contributed by atoms with E-state index in [0.29, 0.717) is 6.04 Å². The molecule has 1 heterocycles. The number of rotatable bonds is 6. The summed E-state index contributed by atoms with van der Waals surface area (Å²) in [6.07, 6.45) is 4.13. The van der Waals surface area contributed by atoms with Crippen molar-refractivity contribution in [2.24, 2.45) is 0 Å². The lowest BCUT2D eigenvalue weighted by Crippen LogP contribution is -2.35. The summed E-state index contributed by atoms with van der Waals surface area (Å²) in [5.74, 6) is 2.20. The second kappa shape index (κ2) is 7.32. The summed E-state index contributed by atoms with van der Waals surface area (Å²) in [6, 6.07) is 2.73. The molecule has 0 bridgehead atoms. The molecule has 1 unspecified atom stereocenters. The van der Waals surface area contributed by atoms with Gasteiger partial charge in [-0.15, -0.1) is 0 Å². The van der Waals surface area contributed by atoms with Gasteiger partial charge in [-0.2, -0.15) is 11.8 Å². The van der Waals surface area contributed by atoms with Crippen LogP contribution in [0.15, 0.2) is 12.3 Å². The lowest BCUT2D eigenvalue weighted by Gasteiger charge is -2.27. The minimum atomic E-state index is 0.135. The molecule has 1 N–H and O–H groups in total. The normalized spacial score (nSPS) is 13.3. The highest BCUT2D eigenvalue weighted by molar-refractivity contribution is 7.98. The average molecular weight is 295 g/mol. The topological polar surface area (TPSA) is 28.2 Å². The predicted molar refractivity (Wildman–Crippen MR) is 91.8 cm³/mol. The molecule has 0 aliphatic heterocycles. The van der Waals surface area contributed by atoms with E-state index in [-0.39, 0.29) is 5.54 Å². The van der Waals surface area contributed by atoms with Gasteiger partial charge in [-0.05, 0) is 58.1 Å². The van der Waals surface area contributed by atoms with E-state index in [0.717, 1.165) is 18.1 Å². The number of nitrogens with zero attached hydrogens (tertiary/aromatic N) is 2. The first-order valence-electron chi connectivity index (χ1n) is 7.17. The van der Waals surface area contributed by atoms with E-state index in [2.05, 4.69) is 69.2 Å². The third kappa shape index (κ3) is 5.33. The lowest BCUT2D eigenvalue weighted by atomic mass is 10.1. The maximum atomic E-state index is 4.66. The number of anilines is 1. The quantitative estimate of drug-likeness (QED) is 0.870. The van der Waals surface area contributed by atoms with E-state index in [1.807, 2.05) is 18.0 Å². The van der Waals surface area contributed by atoms with Crippen LogP contribution in [0.25, 0.3) is 0 Å². The van der Waals surface area contributed by atoms with E-state index < -0.39 is 0 Å². The van der Waals surface area contributed by atoms with Crippen molar-refractivity contribution in [2.75, 3.05) is 24.0 Å². The maximum Gasteiger partial charge on any atom is 0.131 e. The SMILES string of the molecule is CSCC(C)N(C)c1ncc(CNC(C)(C)C)cc1C. The number of aromatic nitrogens is 1. The second-order valence-electron chi connectivity index (χ2n) is 6.50. The van der Waals surface area contributed by atoms with Crippen molar-refractivity contribution in [2.45, 2.75) is 52.7 Å². The fourth-order valence-electron chi connectivity index (χ4n) is 2.02. The molecule has 114 valence electrons. The van der Waals surface area contributed by atoms with Gasteiger partial charge in [0.25, 0.3) is 0 Å². The third-order valence-corrected chi connectivity index (χ3v) is 4.15. The summed E-state index contributed by atoms with van der Waals surface area (Å²) >= 11 is 1.87. The van der Waals surface area contributed by atoms with E-state index in [1.54, 1.807) is 0 Å². The van der Waals surface area contributed by atoms with Gasteiger partial charge in [0.05, 0.1) is 0 Å². The highest BCUT2D eigenvalue weighted by Gasteiger charge is 2.14. The molecule has 1 atom stereocenters. The van der Waals surface area contributed by atoms with Crippen LogP contribution in [0.3, 0.4) is 0 Å². The summed E-state index contributed by atoms with van der Waals surface area (Å²) < 4.78 is 0. The number of thioether (sulfide) groups is 1. The largest absolute Gasteiger partial charge is 0.356 e. The van der Waals surface area contributed by atoms with Crippen LogP contribution in [-0.4, -0.2) is 35.6 Å². The van der Waals surface area contributed by atoms with Crippen LogP contribution in [0.5, 0.6) is 0 Å². The molecule has 0 aromatic carbocycles. The minimum Gasteiger partial charge on any atom is -0.356 e. The Kier molecular flexibility index (Phi) is 6.34. The zero-order valence-corrected chi connectivity index (χ0v) is 14.8. The van der Waals surface area contributed by atoms with Crippen molar-refractivity contribution in [3.63, 3.8) is 0 Å². The molecule has 1 rings (SSSR count). The van der Waals surface area contributed by atoms with Gasteiger partial charge in [0.2, 0.25) is 0 Å². The van der Waals surface area contributed by atoms with Gasteiger partial charge in [0.15, 0.2) is 0 Å².